The van der Waals surface area contributed by atoms with E-state index in [9.17, 15) is 19.5 Å². The summed E-state index contributed by atoms with van der Waals surface area (Å²) in [7, 11) is 0. The van der Waals surface area contributed by atoms with Crippen molar-refractivity contribution in [3.05, 3.63) is 97.1 Å². The summed E-state index contributed by atoms with van der Waals surface area (Å²) in [4.78, 5) is 49.4. The summed E-state index contributed by atoms with van der Waals surface area (Å²) in [5.74, 6) is -1.09. The van der Waals surface area contributed by atoms with Gasteiger partial charge in [-0.3, -0.25) is 14.4 Å². The summed E-state index contributed by atoms with van der Waals surface area (Å²) in [6.07, 6.45) is 7.49. The van der Waals surface area contributed by atoms with E-state index in [1.165, 1.54) is 0 Å². The number of carbonyl (C=O) groups excluding carboxylic acids is 3. The van der Waals surface area contributed by atoms with Crippen LogP contribution in [-0.2, 0) is 27.5 Å². The third-order valence-electron chi connectivity index (χ3n) is 9.83. The van der Waals surface area contributed by atoms with E-state index in [0.717, 1.165) is 43.2 Å². The van der Waals surface area contributed by atoms with Gasteiger partial charge in [0.1, 0.15) is 6.04 Å². The van der Waals surface area contributed by atoms with Gasteiger partial charge in [0.05, 0.1) is 16.6 Å². The summed E-state index contributed by atoms with van der Waals surface area (Å²) < 4.78 is -0.674. The van der Waals surface area contributed by atoms with Gasteiger partial charge in [0.2, 0.25) is 17.7 Å². The highest BCUT2D eigenvalue weighted by atomic mass is 32.2. The van der Waals surface area contributed by atoms with Crippen molar-refractivity contribution in [2.24, 2.45) is 17.8 Å². The number of aliphatic hydroxyl groups excluding tert-OH is 1. The summed E-state index contributed by atoms with van der Waals surface area (Å²) >= 11 is 1.73. The molecule has 3 aliphatic rings. The van der Waals surface area contributed by atoms with Crippen LogP contribution in [0.1, 0.15) is 50.2 Å². The van der Waals surface area contributed by atoms with Crippen LogP contribution >= 0.6 is 11.8 Å². The lowest BCUT2D eigenvalue weighted by Gasteiger charge is -2.41. The molecule has 3 unspecified atom stereocenters. The van der Waals surface area contributed by atoms with Gasteiger partial charge in [-0.1, -0.05) is 92.6 Å². The summed E-state index contributed by atoms with van der Waals surface area (Å²) in [5, 5.41) is 9.25. The van der Waals surface area contributed by atoms with Gasteiger partial charge in [0.25, 0.3) is 0 Å². The van der Waals surface area contributed by atoms with Crippen molar-refractivity contribution in [2.75, 3.05) is 26.2 Å². The van der Waals surface area contributed by atoms with E-state index in [4.69, 9.17) is 0 Å². The molecule has 3 fully saturated rings. The Bertz CT molecular complexity index is 1350. The quantitative estimate of drug-likeness (QED) is 0.201. The van der Waals surface area contributed by atoms with E-state index in [2.05, 4.69) is 20.1 Å². The van der Waals surface area contributed by atoms with Crippen LogP contribution < -0.4 is 0 Å². The zero-order valence-corrected chi connectivity index (χ0v) is 27.2. The Morgan fingerprint density at radius 3 is 2.02 bits per heavy atom. The number of unbranched alkanes of at least 4 members (excludes halogenated alkanes) is 3. The molecule has 2 aromatic rings. The average Bonchev–Trinajstić information content (AvgIpc) is 3.64. The molecule has 0 saturated carbocycles. The Balaban J connectivity index is 1.49. The number of carbonyl (C=O) groups is 3. The van der Waals surface area contributed by atoms with Crippen LogP contribution in [0.25, 0.3) is 0 Å². The highest BCUT2D eigenvalue weighted by molar-refractivity contribution is 8.02. The number of thioether (sulfide) groups is 1. The second-order valence-corrected chi connectivity index (χ2v) is 14.3. The normalized spacial score (nSPS) is 26.5. The summed E-state index contributed by atoms with van der Waals surface area (Å²) in [5.41, 5.74) is 2.05. The maximum absolute atomic E-state index is 14.8. The first-order valence-electron chi connectivity index (χ1n) is 16.3. The maximum atomic E-state index is 14.8. The summed E-state index contributed by atoms with van der Waals surface area (Å²) in [6, 6.07) is 19.2. The van der Waals surface area contributed by atoms with E-state index < -0.39 is 22.6 Å². The largest absolute Gasteiger partial charge is 0.396 e. The molecule has 3 amide bonds. The molecule has 3 saturated heterocycles. The van der Waals surface area contributed by atoms with Crippen LogP contribution in [0.4, 0.5) is 0 Å². The van der Waals surface area contributed by atoms with Crippen LogP contribution in [0, 0.1) is 17.8 Å². The zero-order valence-electron chi connectivity index (χ0n) is 26.4. The Kier molecular flexibility index (Phi) is 10.9. The first kappa shape index (κ1) is 33.0. The molecule has 2 bridgehead atoms. The predicted octanol–water partition coefficient (Wildman–Crippen LogP) is 5.31. The first-order chi connectivity index (χ1) is 21.9. The van der Waals surface area contributed by atoms with Crippen LogP contribution in [0.3, 0.4) is 0 Å². The third-order valence-corrected chi connectivity index (χ3v) is 11.9. The Morgan fingerprint density at radius 2 is 1.47 bits per heavy atom. The molecule has 0 aliphatic carbocycles. The van der Waals surface area contributed by atoms with Crippen molar-refractivity contribution in [1.29, 1.82) is 0 Å². The molecule has 5 rings (SSSR count). The van der Waals surface area contributed by atoms with Crippen LogP contribution in [0.5, 0.6) is 0 Å². The number of fused-ring (bicyclic) bond motifs is 1. The molecule has 8 heteroatoms. The van der Waals surface area contributed by atoms with Crippen LogP contribution in [-0.4, -0.2) is 79.8 Å². The molecule has 7 nitrogen and oxygen atoms in total. The van der Waals surface area contributed by atoms with Crippen molar-refractivity contribution < 1.29 is 19.5 Å². The number of nitrogens with zero attached hydrogens (tertiary/aromatic N) is 3. The van der Waals surface area contributed by atoms with E-state index in [1.54, 1.807) is 23.9 Å². The third kappa shape index (κ3) is 6.50. The van der Waals surface area contributed by atoms with Gasteiger partial charge in [0.15, 0.2) is 0 Å². The Labute approximate surface area is 272 Å². The molecule has 2 aromatic carbocycles. The smallest absolute Gasteiger partial charge is 0.247 e. The molecule has 240 valence electrons. The molecule has 3 heterocycles. The van der Waals surface area contributed by atoms with Crippen LogP contribution in [0.2, 0.25) is 0 Å². The van der Waals surface area contributed by atoms with Gasteiger partial charge in [-0.2, -0.15) is 0 Å². The molecular weight excluding hydrogens is 582 g/mol. The van der Waals surface area contributed by atoms with Gasteiger partial charge >= 0.3 is 0 Å². The standard InChI is InChI=1S/C37H47N3O4S/c1-4-20-38(25-28-16-10-8-11-17-28)34(42)31-30-24-27(3)37(45-30)32(31)35(43)40(22-14-6-7-15-23-41)33(37)36(44)39(21-5-2)26-29-18-12-9-13-19-29/h4-5,8-13,16-19,27,30-33,41H,1-2,6-7,14-15,20-26H2,3H3/t27?,30-,31+,32-,33?,37?/m0/s1. The number of rotatable bonds is 16. The topological polar surface area (TPSA) is 81.2 Å². The van der Waals surface area contributed by atoms with Crippen LogP contribution in [0.15, 0.2) is 86.0 Å². The van der Waals surface area contributed by atoms with Gasteiger partial charge in [-0.05, 0) is 36.3 Å². The molecule has 1 N–H and O–H groups in total. The lowest BCUT2D eigenvalue weighted by atomic mass is 9.65. The van der Waals surface area contributed by atoms with Crippen molar-refractivity contribution in [3.63, 3.8) is 0 Å². The van der Waals surface area contributed by atoms with E-state index >= 15 is 0 Å². The predicted molar refractivity (Wildman–Crippen MR) is 180 cm³/mol. The zero-order chi connectivity index (χ0) is 32.0. The number of hydrogen-bond donors (Lipinski definition) is 1. The average molecular weight is 630 g/mol. The fraction of sp³-hybridized carbons (Fsp3) is 0.486. The maximum Gasteiger partial charge on any atom is 0.247 e. The first-order valence-corrected chi connectivity index (χ1v) is 17.2. The monoisotopic (exact) mass is 629 g/mol. The lowest BCUT2D eigenvalue weighted by Crippen LogP contribution is -2.57. The fourth-order valence-electron chi connectivity index (χ4n) is 7.84. The molecule has 3 aliphatic heterocycles. The number of amides is 3. The molecule has 6 atom stereocenters. The van der Waals surface area contributed by atoms with Gasteiger partial charge in [-0.15, -0.1) is 24.9 Å². The van der Waals surface area contributed by atoms with Crippen molar-refractivity contribution in [2.45, 2.75) is 68.2 Å². The highest BCUT2D eigenvalue weighted by Crippen LogP contribution is 2.69. The van der Waals surface area contributed by atoms with E-state index in [0.29, 0.717) is 32.7 Å². The molecule has 0 aromatic heterocycles. The minimum Gasteiger partial charge on any atom is -0.396 e. The lowest BCUT2D eigenvalue weighted by molar-refractivity contribution is -0.145. The van der Waals surface area contributed by atoms with Gasteiger partial charge in [-0.25, -0.2) is 0 Å². The minimum absolute atomic E-state index is 0.0199. The minimum atomic E-state index is -0.674. The number of likely N-dealkylation sites (tertiary alicyclic amines) is 1. The van der Waals surface area contributed by atoms with Crippen molar-refractivity contribution in [1.82, 2.24) is 14.7 Å². The molecular formula is C37H47N3O4S. The van der Waals surface area contributed by atoms with Gasteiger partial charge in [0, 0.05) is 44.6 Å². The Morgan fingerprint density at radius 1 is 0.911 bits per heavy atom. The van der Waals surface area contributed by atoms with Crippen molar-refractivity contribution in [3.8, 4) is 0 Å². The molecule has 45 heavy (non-hydrogen) atoms. The second-order valence-electron chi connectivity index (χ2n) is 12.7. The van der Waals surface area contributed by atoms with E-state index in [-0.39, 0.29) is 35.5 Å². The van der Waals surface area contributed by atoms with Gasteiger partial charge < -0.3 is 19.8 Å². The fourth-order valence-corrected chi connectivity index (χ4v) is 10.2. The van der Waals surface area contributed by atoms with Crippen molar-refractivity contribution >= 4 is 29.5 Å². The second kappa shape index (κ2) is 14.8. The highest BCUT2D eigenvalue weighted by Gasteiger charge is 2.76. The number of benzene rings is 2. The molecule has 1 spiro atoms. The molecule has 0 radical (unpaired) electrons. The Hall–Kier alpha value is -3.36. The summed E-state index contributed by atoms with van der Waals surface area (Å²) in [6.45, 7) is 12.3. The SMILES string of the molecule is C=CCN(Cc1ccccc1)C(=O)C1N(CCCCCCO)C(=O)[C@@H]2[C@H](C(=O)N(CC=C)Cc3ccccc3)[C@@H]3CC(C)C12S3. The van der Waals surface area contributed by atoms with E-state index in [1.807, 2.05) is 75.4 Å². The number of aliphatic hydroxyl groups is 1. The number of hydrogen-bond acceptors (Lipinski definition) is 5.